The molecule has 1 aromatic carbocycles. The van der Waals surface area contributed by atoms with Crippen LogP contribution in [-0.4, -0.2) is 44.0 Å². The van der Waals surface area contributed by atoms with Crippen molar-refractivity contribution in [2.24, 2.45) is 0 Å². The number of pyridine rings is 1. The molecule has 162 valence electrons. The maximum absolute atomic E-state index is 12.8. The number of aromatic nitrogens is 4. The van der Waals surface area contributed by atoms with Crippen LogP contribution in [-0.2, 0) is 4.79 Å². The highest BCUT2D eigenvalue weighted by Gasteiger charge is 2.25. The number of hydrogen-bond acceptors (Lipinski definition) is 6. The van der Waals surface area contributed by atoms with E-state index < -0.39 is 5.25 Å². The lowest BCUT2D eigenvalue weighted by atomic mass is 10.3. The van der Waals surface area contributed by atoms with Gasteiger partial charge in [0.25, 0.3) is 0 Å². The Bertz CT molecular complexity index is 1100. The summed E-state index contributed by atoms with van der Waals surface area (Å²) in [5.41, 5.74) is 0.844. The zero-order valence-corrected chi connectivity index (χ0v) is 19.6. The average molecular weight is 498 g/mol. The molecular formula is C20H19Cl3N6OS. The van der Waals surface area contributed by atoms with Gasteiger partial charge in [-0.15, -0.1) is 10.2 Å². The predicted molar refractivity (Wildman–Crippen MR) is 126 cm³/mol. The van der Waals surface area contributed by atoms with Gasteiger partial charge < -0.3 is 10.2 Å². The van der Waals surface area contributed by atoms with Crippen LogP contribution in [0.1, 0.15) is 19.8 Å². The summed E-state index contributed by atoms with van der Waals surface area (Å²) in [6.07, 6.45) is 3.65. The highest BCUT2D eigenvalue weighted by atomic mass is 35.5. The topological polar surface area (TPSA) is 75.9 Å². The Balaban J connectivity index is 1.59. The van der Waals surface area contributed by atoms with Crippen LogP contribution < -0.4 is 10.2 Å². The summed E-state index contributed by atoms with van der Waals surface area (Å²) < 4.78 is 1.94. The number of nitrogens with one attached hydrogen (secondary N) is 1. The number of amides is 1. The fourth-order valence-corrected chi connectivity index (χ4v) is 4.71. The Morgan fingerprint density at radius 3 is 2.61 bits per heavy atom. The number of carbonyl (C=O) groups is 1. The molecule has 3 aromatic rings. The van der Waals surface area contributed by atoms with E-state index in [0.29, 0.717) is 15.2 Å². The third kappa shape index (κ3) is 5.09. The second-order valence-electron chi connectivity index (χ2n) is 7.03. The molecule has 0 spiro atoms. The quantitative estimate of drug-likeness (QED) is 0.463. The third-order valence-corrected chi connectivity index (χ3v) is 6.54. The first-order valence-corrected chi connectivity index (χ1v) is 11.7. The van der Waals surface area contributed by atoms with Gasteiger partial charge in [0.1, 0.15) is 0 Å². The van der Waals surface area contributed by atoms with Crippen molar-refractivity contribution in [2.75, 3.05) is 23.3 Å². The van der Waals surface area contributed by atoms with Gasteiger partial charge in [0, 0.05) is 24.3 Å². The average Bonchev–Trinajstić information content (AvgIpc) is 3.39. The lowest BCUT2D eigenvalue weighted by molar-refractivity contribution is -0.115. The van der Waals surface area contributed by atoms with E-state index in [4.69, 9.17) is 34.8 Å². The monoisotopic (exact) mass is 496 g/mol. The molecule has 1 fully saturated rings. The van der Waals surface area contributed by atoms with E-state index in [-0.39, 0.29) is 16.7 Å². The Morgan fingerprint density at radius 1 is 1.13 bits per heavy atom. The van der Waals surface area contributed by atoms with Crippen LogP contribution in [0.3, 0.4) is 0 Å². The van der Waals surface area contributed by atoms with E-state index in [1.54, 1.807) is 6.92 Å². The van der Waals surface area contributed by atoms with Crippen LogP contribution >= 0.6 is 46.6 Å². The molecule has 1 amide bonds. The highest BCUT2D eigenvalue weighted by Crippen LogP contribution is 2.32. The molecule has 1 saturated heterocycles. The second-order valence-corrected chi connectivity index (χ2v) is 9.61. The molecule has 7 nitrogen and oxygen atoms in total. The van der Waals surface area contributed by atoms with Gasteiger partial charge in [0.2, 0.25) is 11.9 Å². The number of anilines is 2. The van der Waals surface area contributed by atoms with Crippen LogP contribution in [0.5, 0.6) is 0 Å². The van der Waals surface area contributed by atoms with Gasteiger partial charge in [-0.2, -0.15) is 0 Å². The van der Waals surface area contributed by atoms with Gasteiger partial charge in [0.15, 0.2) is 11.0 Å². The Labute approximate surface area is 199 Å². The van der Waals surface area contributed by atoms with Crippen molar-refractivity contribution in [1.29, 1.82) is 0 Å². The lowest BCUT2D eigenvalue weighted by Gasteiger charge is -2.19. The van der Waals surface area contributed by atoms with Crippen LogP contribution in [0.15, 0.2) is 41.7 Å². The first-order valence-electron chi connectivity index (χ1n) is 9.67. The molecule has 2 aromatic heterocycles. The van der Waals surface area contributed by atoms with E-state index in [9.17, 15) is 4.79 Å². The fourth-order valence-electron chi connectivity index (χ4n) is 3.24. The van der Waals surface area contributed by atoms with Gasteiger partial charge >= 0.3 is 0 Å². The molecule has 1 aliphatic heterocycles. The summed E-state index contributed by atoms with van der Waals surface area (Å²) in [6.45, 7) is 3.62. The van der Waals surface area contributed by atoms with Gasteiger partial charge in [0.05, 0.1) is 21.0 Å². The molecule has 0 radical (unpaired) electrons. The minimum atomic E-state index is -0.484. The number of thioether (sulfide) groups is 1. The molecule has 1 aliphatic rings. The van der Waals surface area contributed by atoms with Gasteiger partial charge in [-0.25, -0.2) is 4.98 Å². The summed E-state index contributed by atoms with van der Waals surface area (Å²) in [5, 5.41) is 12.9. The predicted octanol–water partition coefficient (Wildman–Crippen LogP) is 5.34. The molecule has 0 bridgehead atoms. The van der Waals surface area contributed by atoms with Crippen molar-refractivity contribution in [1.82, 2.24) is 19.7 Å². The maximum atomic E-state index is 12.8. The maximum Gasteiger partial charge on any atom is 0.238 e. The van der Waals surface area contributed by atoms with Crippen molar-refractivity contribution < 1.29 is 4.79 Å². The molecule has 1 N–H and O–H groups in total. The van der Waals surface area contributed by atoms with Gasteiger partial charge in [-0.1, -0.05) is 52.6 Å². The van der Waals surface area contributed by atoms with Crippen molar-refractivity contribution >= 4 is 64.2 Å². The molecule has 4 rings (SSSR count). The van der Waals surface area contributed by atoms with E-state index in [1.165, 1.54) is 24.0 Å². The SMILES string of the molecule is CC(Sc1nnc(N2CCCC2)n1-c1cccc(Cl)c1)C(=O)Nc1ncc(Cl)cc1Cl. The molecule has 3 heterocycles. The standard InChI is InChI=1S/C20H19Cl3N6OS/c1-12(18(30)25-17-16(23)10-14(22)11-24-17)31-20-27-26-19(28-7-2-3-8-28)29(20)15-6-4-5-13(21)9-15/h4-6,9-12H,2-3,7-8H2,1H3,(H,24,25,30). The van der Waals surface area contributed by atoms with Crippen molar-refractivity contribution in [3.8, 4) is 5.69 Å². The number of carbonyl (C=O) groups excluding carboxylic acids is 1. The molecule has 31 heavy (non-hydrogen) atoms. The van der Waals surface area contributed by atoms with E-state index in [2.05, 4.69) is 25.4 Å². The smallest absolute Gasteiger partial charge is 0.238 e. The Morgan fingerprint density at radius 2 is 1.90 bits per heavy atom. The van der Waals surface area contributed by atoms with Crippen molar-refractivity contribution in [3.63, 3.8) is 0 Å². The van der Waals surface area contributed by atoms with Gasteiger partial charge in [-0.05, 0) is 44.0 Å². The molecule has 11 heteroatoms. The third-order valence-electron chi connectivity index (χ3n) is 4.77. The number of benzene rings is 1. The molecular weight excluding hydrogens is 479 g/mol. The van der Waals surface area contributed by atoms with Crippen LogP contribution in [0.2, 0.25) is 15.1 Å². The highest BCUT2D eigenvalue weighted by molar-refractivity contribution is 8.00. The first-order chi connectivity index (χ1) is 14.9. The van der Waals surface area contributed by atoms with Crippen molar-refractivity contribution in [3.05, 3.63) is 51.6 Å². The Kier molecular flexibility index (Phi) is 6.91. The van der Waals surface area contributed by atoms with Crippen LogP contribution in [0.25, 0.3) is 5.69 Å². The Hall–Kier alpha value is -2.00. The van der Waals surface area contributed by atoms with Crippen LogP contribution in [0.4, 0.5) is 11.8 Å². The lowest BCUT2D eigenvalue weighted by Crippen LogP contribution is -2.24. The normalized spacial score (nSPS) is 14.6. The molecule has 0 aliphatic carbocycles. The zero-order chi connectivity index (χ0) is 22.0. The van der Waals surface area contributed by atoms with E-state index >= 15 is 0 Å². The second kappa shape index (κ2) is 9.65. The molecule has 0 saturated carbocycles. The van der Waals surface area contributed by atoms with Crippen LogP contribution in [0, 0.1) is 0 Å². The molecule has 1 unspecified atom stereocenters. The summed E-state index contributed by atoms with van der Waals surface area (Å²) >= 11 is 19.5. The summed E-state index contributed by atoms with van der Waals surface area (Å²) in [4.78, 5) is 19.0. The zero-order valence-electron chi connectivity index (χ0n) is 16.6. The minimum absolute atomic E-state index is 0.259. The van der Waals surface area contributed by atoms with E-state index in [0.717, 1.165) is 37.6 Å². The number of nitrogens with zero attached hydrogens (tertiary/aromatic N) is 5. The number of hydrogen-bond donors (Lipinski definition) is 1. The largest absolute Gasteiger partial charge is 0.341 e. The first kappa shape index (κ1) is 22.2. The fraction of sp³-hybridized carbons (Fsp3) is 0.300. The summed E-state index contributed by atoms with van der Waals surface area (Å²) in [6, 6.07) is 9.03. The van der Waals surface area contributed by atoms with Crippen molar-refractivity contribution in [2.45, 2.75) is 30.2 Å². The van der Waals surface area contributed by atoms with Gasteiger partial charge in [-0.3, -0.25) is 9.36 Å². The number of rotatable bonds is 6. The van der Waals surface area contributed by atoms with E-state index in [1.807, 2.05) is 28.8 Å². The number of halogens is 3. The summed E-state index contributed by atoms with van der Waals surface area (Å²) in [7, 11) is 0. The molecule has 1 atom stereocenters. The summed E-state index contributed by atoms with van der Waals surface area (Å²) in [5.74, 6) is 0.750. The minimum Gasteiger partial charge on any atom is -0.341 e.